The molecule has 1 saturated heterocycles. The van der Waals surface area contributed by atoms with Crippen LogP contribution in [0.5, 0.6) is 0 Å². The van der Waals surface area contributed by atoms with Crippen molar-refractivity contribution in [3.63, 3.8) is 0 Å². The molecule has 0 radical (unpaired) electrons. The number of thioether (sulfide) groups is 1. The first-order valence-electron chi connectivity index (χ1n) is 5.94. The summed E-state index contributed by atoms with van der Waals surface area (Å²) in [6, 6.07) is 8.87. The maximum Gasteiger partial charge on any atom is 0.503 e. The molecule has 2 rings (SSSR count). The fourth-order valence-corrected chi connectivity index (χ4v) is 2.87. The molecule has 100 valence electrons. The summed E-state index contributed by atoms with van der Waals surface area (Å²) < 4.78 is 0. The molecule has 4 nitrogen and oxygen atoms in total. The standard InChI is InChI=1S/C12H17NS.CH2O3/c1-10-2-4-11(5-3-10)14-12-6-8-13-9-7-12;2-1(3)4/h2-5,12-13H,6-9H2,1H3;(H2,2,3,4). The molecule has 1 fully saturated rings. The Morgan fingerprint density at radius 2 is 1.72 bits per heavy atom. The van der Waals surface area contributed by atoms with Crippen LogP contribution in [0.3, 0.4) is 0 Å². The van der Waals surface area contributed by atoms with Crippen molar-refractivity contribution in [2.75, 3.05) is 13.1 Å². The SMILES string of the molecule is Cc1ccc(SC2CCNCC2)cc1.O=C(O)O. The Labute approximate surface area is 111 Å². The van der Waals surface area contributed by atoms with Crippen LogP contribution in [0.4, 0.5) is 4.79 Å². The number of carboxylic acid groups (broad SMARTS) is 2. The lowest BCUT2D eigenvalue weighted by molar-refractivity contribution is 0.137. The second kappa shape index (κ2) is 8.00. The van der Waals surface area contributed by atoms with E-state index in [4.69, 9.17) is 15.0 Å². The molecule has 0 saturated carbocycles. The topological polar surface area (TPSA) is 69.6 Å². The summed E-state index contributed by atoms with van der Waals surface area (Å²) in [5.74, 6) is 0. The van der Waals surface area contributed by atoms with Crippen molar-refractivity contribution in [2.45, 2.75) is 29.9 Å². The first-order chi connectivity index (χ1) is 8.58. The summed E-state index contributed by atoms with van der Waals surface area (Å²) in [5, 5.41) is 18.2. The van der Waals surface area contributed by atoms with Crippen molar-refractivity contribution < 1.29 is 15.0 Å². The molecule has 18 heavy (non-hydrogen) atoms. The second-order valence-corrected chi connectivity index (χ2v) is 5.54. The average Bonchev–Trinajstić information content (AvgIpc) is 2.33. The van der Waals surface area contributed by atoms with Gasteiger partial charge in [-0.05, 0) is 45.0 Å². The molecule has 1 aromatic rings. The number of benzene rings is 1. The molecule has 1 aliphatic rings. The quantitative estimate of drug-likeness (QED) is 0.770. The van der Waals surface area contributed by atoms with Crippen LogP contribution in [0.15, 0.2) is 29.2 Å². The van der Waals surface area contributed by atoms with Gasteiger partial charge in [0, 0.05) is 10.1 Å². The van der Waals surface area contributed by atoms with Gasteiger partial charge in [0.15, 0.2) is 0 Å². The highest BCUT2D eigenvalue weighted by molar-refractivity contribution is 8.00. The minimum atomic E-state index is -1.83. The zero-order valence-electron chi connectivity index (χ0n) is 10.4. The lowest BCUT2D eigenvalue weighted by Gasteiger charge is -2.21. The Morgan fingerprint density at radius 3 is 2.22 bits per heavy atom. The molecule has 0 bridgehead atoms. The van der Waals surface area contributed by atoms with E-state index in [1.54, 1.807) is 0 Å². The normalized spacial score (nSPS) is 15.6. The van der Waals surface area contributed by atoms with Crippen molar-refractivity contribution in [1.82, 2.24) is 5.32 Å². The number of carbonyl (C=O) groups is 1. The van der Waals surface area contributed by atoms with Gasteiger partial charge in [0.25, 0.3) is 0 Å². The van der Waals surface area contributed by atoms with Crippen LogP contribution in [0.25, 0.3) is 0 Å². The van der Waals surface area contributed by atoms with E-state index in [-0.39, 0.29) is 0 Å². The number of hydrogen-bond donors (Lipinski definition) is 3. The van der Waals surface area contributed by atoms with Crippen molar-refractivity contribution in [2.24, 2.45) is 0 Å². The molecule has 1 heterocycles. The van der Waals surface area contributed by atoms with Gasteiger partial charge in [0.1, 0.15) is 0 Å². The molecular weight excluding hydrogens is 250 g/mol. The van der Waals surface area contributed by atoms with Gasteiger partial charge in [0.05, 0.1) is 0 Å². The number of hydrogen-bond acceptors (Lipinski definition) is 3. The molecule has 1 aliphatic heterocycles. The van der Waals surface area contributed by atoms with Crippen molar-refractivity contribution in [1.29, 1.82) is 0 Å². The van der Waals surface area contributed by atoms with Gasteiger partial charge in [-0.2, -0.15) is 0 Å². The Kier molecular flexibility index (Phi) is 6.60. The van der Waals surface area contributed by atoms with E-state index in [0.717, 1.165) is 5.25 Å². The molecular formula is C13H19NO3S. The van der Waals surface area contributed by atoms with Crippen LogP contribution in [-0.2, 0) is 0 Å². The third kappa shape index (κ3) is 6.51. The summed E-state index contributed by atoms with van der Waals surface area (Å²) in [4.78, 5) is 9.97. The van der Waals surface area contributed by atoms with Gasteiger partial charge in [-0.15, -0.1) is 11.8 Å². The lowest BCUT2D eigenvalue weighted by Crippen LogP contribution is -2.29. The number of aryl methyl sites for hydroxylation is 1. The van der Waals surface area contributed by atoms with E-state index in [0.29, 0.717) is 0 Å². The first-order valence-corrected chi connectivity index (χ1v) is 6.82. The zero-order chi connectivity index (χ0) is 13.4. The van der Waals surface area contributed by atoms with Gasteiger partial charge in [0.2, 0.25) is 0 Å². The summed E-state index contributed by atoms with van der Waals surface area (Å²) in [6.07, 6.45) is 0.775. The van der Waals surface area contributed by atoms with Crippen molar-refractivity contribution >= 4 is 17.9 Å². The second-order valence-electron chi connectivity index (χ2n) is 4.16. The summed E-state index contributed by atoms with van der Waals surface area (Å²) in [7, 11) is 0. The molecule has 0 aliphatic carbocycles. The number of piperidine rings is 1. The van der Waals surface area contributed by atoms with E-state index in [1.165, 1.54) is 36.4 Å². The lowest BCUT2D eigenvalue weighted by atomic mass is 10.2. The predicted molar refractivity (Wildman–Crippen MR) is 73.6 cm³/mol. The van der Waals surface area contributed by atoms with Crippen LogP contribution in [0, 0.1) is 6.92 Å². The smallest absolute Gasteiger partial charge is 0.450 e. The maximum absolute atomic E-state index is 8.56. The van der Waals surface area contributed by atoms with Gasteiger partial charge >= 0.3 is 6.16 Å². The van der Waals surface area contributed by atoms with E-state index >= 15 is 0 Å². The van der Waals surface area contributed by atoms with Crippen LogP contribution in [0.2, 0.25) is 0 Å². The minimum Gasteiger partial charge on any atom is -0.450 e. The number of rotatable bonds is 2. The van der Waals surface area contributed by atoms with Crippen molar-refractivity contribution in [3.05, 3.63) is 29.8 Å². The molecule has 0 amide bonds. The summed E-state index contributed by atoms with van der Waals surface area (Å²) in [6.45, 7) is 4.51. The van der Waals surface area contributed by atoms with E-state index in [1.807, 2.05) is 11.8 Å². The summed E-state index contributed by atoms with van der Waals surface area (Å²) in [5.41, 5.74) is 1.35. The Balaban J connectivity index is 0.000000357. The van der Waals surface area contributed by atoms with Crippen LogP contribution >= 0.6 is 11.8 Å². The average molecular weight is 269 g/mol. The van der Waals surface area contributed by atoms with E-state index in [2.05, 4.69) is 36.5 Å². The van der Waals surface area contributed by atoms with Crippen LogP contribution in [0.1, 0.15) is 18.4 Å². The number of nitrogens with one attached hydrogen (secondary N) is 1. The molecule has 0 spiro atoms. The monoisotopic (exact) mass is 269 g/mol. The fraction of sp³-hybridized carbons (Fsp3) is 0.462. The van der Waals surface area contributed by atoms with Crippen molar-refractivity contribution in [3.8, 4) is 0 Å². The molecule has 5 heteroatoms. The Morgan fingerprint density at radius 1 is 1.22 bits per heavy atom. The van der Waals surface area contributed by atoms with Crippen LogP contribution < -0.4 is 5.32 Å². The fourth-order valence-electron chi connectivity index (χ4n) is 1.72. The highest BCUT2D eigenvalue weighted by Gasteiger charge is 2.13. The zero-order valence-corrected chi connectivity index (χ0v) is 11.2. The van der Waals surface area contributed by atoms with Crippen LogP contribution in [-0.4, -0.2) is 34.7 Å². The van der Waals surface area contributed by atoms with Gasteiger partial charge in [-0.3, -0.25) is 0 Å². The Bertz CT molecular complexity index is 357. The summed E-state index contributed by atoms with van der Waals surface area (Å²) >= 11 is 2.03. The predicted octanol–water partition coefficient (Wildman–Crippen LogP) is 3.06. The maximum atomic E-state index is 8.56. The largest absolute Gasteiger partial charge is 0.503 e. The van der Waals surface area contributed by atoms with Gasteiger partial charge in [-0.25, -0.2) is 4.79 Å². The minimum absolute atomic E-state index is 0.818. The molecule has 0 atom stereocenters. The molecule has 3 N–H and O–H groups in total. The molecule has 1 aromatic carbocycles. The Hall–Kier alpha value is -1.20. The van der Waals surface area contributed by atoms with E-state index in [9.17, 15) is 0 Å². The molecule has 0 unspecified atom stereocenters. The third-order valence-electron chi connectivity index (χ3n) is 2.61. The van der Waals surface area contributed by atoms with Gasteiger partial charge < -0.3 is 15.5 Å². The highest BCUT2D eigenvalue weighted by atomic mass is 32.2. The first kappa shape index (κ1) is 14.9. The van der Waals surface area contributed by atoms with E-state index < -0.39 is 6.16 Å². The highest BCUT2D eigenvalue weighted by Crippen LogP contribution is 2.28. The third-order valence-corrected chi connectivity index (χ3v) is 3.96. The molecule has 0 aromatic heterocycles. The van der Waals surface area contributed by atoms with Gasteiger partial charge in [-0.1, -0.05) is 17.7 Å².